The van der Waals surface area contributed by atoms with Gasteiger partial charge in [-0.1, -0.05) is 18.2 Å². The van der Waals surface area contributed by atoms with Crippen LogP contribution in [-0.4, -0.2) is 25.1 Å². The number of rotatable bonds is 1. The Balaban J connectivity index is 1.86. The van der Waals surface area contributed by atoms with Gasteiger partial charge in [0, 0.05) is 18.5 Å². The lowest BCUT2D eigenvalue weighted by molar-refractivity contribution is 0.0937. The number of hydrazine groups is 1. The van der Waals surface area contributed by atoms with Gasteiger partial charge in [0.25, 0.3) is 5.91 Å². The molecule has 0 radical (unpaired) electrons. The average molecular weight is 219 g/mol. The van der Waals surface area contributed by atoms with Gasteiger partial charge in [0.05, 0.1) is 6.61 Å². The molecule has 0 aromatic heterocycles. The second kappa shape index (κ2) is 5.16. The van der Waals surface area contributed by atoms with Crippen molar-refractivity contribution in [2.75, 3.05) is 13.2 Å². The van der Waals surface area contributed by atoms with Gasteiger partial charge in [0.1, 0.15) is 0 Å². The van der Waals surface area contributed by atoms with Crippen LogP contribution in [0.5, 0.6) is 0 Å². The minimum Gasteiger partial charge on any atom is -0.464 e. The predicted molar refractivity (Wildman–Crippen MR) is 59.9 cm³/mol. The molecule has 0 saturated heterocycles. The van der Waals surface area contributed by atoms with Crippen LogP contribution in [0.15, 0.2) is 35.3 Å². The van der Waals surface area contributed by atoms with Gasteiger partial charge in [-0.15, -0.1) is 0 Å². The van der Waals surface area contributed by atoms with Crippen molar-refractivity contribution in [1.29, 1.82) is 0 Å². The molecule has 16 heavy (non-hydrogen) atoms. The van der Waals surface area contributed by atoms with Crippen LogP contribution in [-0.2, 0) is 4.74 Å². The molecule has 2 rings (SSSR count). The Morgan fingerprint density at radius 1 is 1.31 bits per heavy atom. The molecule has 1 aromatic carbocycles. The minimum absolute atomic E-state index is 0.211. The highest BCUT2D eigenvalue weighted by atomic mass is 16.5. The van der Waals surface area contributed by atoms with E-state index in [9.17, 15) is 4.79 Å². The van der Waals surface area contributed by atoms with Gasteiger partial charge in [-0.2, -0.15) is 0 Å². The molecule has 0 bridgehead atoms. The maximum Gasteiger partial charge on any atom is 0.303 e. The summed E-state index contributed by atoms with van der Waals surface area (Å²) in [6, 6.07) is 9.32. The summed E-state index contributed by atoms with van der Waals surface area (Å²) in [5, 5.41) is 0. The van der Waals surface area contributed by atoms with Gasteiger partial charge in [-0.05, 0) is 12.1 Å². The van der Waals surface area contributed by atoms with Crippen LogP contribution in [0.2, 0.25) is 0 Å². The zero-order chi connectivity index (χ0) is 11.2. The van der Waals surface area contributed by atoms with Crippen LogP contribution < -0.4 is 10.9 Å². The minimum atomic E-state index is -0.211. The van der Waals surface area contributed by atoms with Crippen molar-refractivity contribution >= 4 is 11.9 Å². The third-order valence-electron chi connectivity index (χ3n) is 2.12. The first-order valence-electron chi connectivity index (χ1n) is 5.15. The molecule has 1 aromatic rings. The van der Waals surface area contributed by atoms with Gasteiger partial charge < -0.3 is 4.74 Å². The third-order valence-corrected chi connectivity index (χ3v) is 2.12. The number of benzene rings is 1. The number of ether oxygens (including phenoxy) is 1. The molecule has 0 unspecified atom stereocenters. The van der Waals surface area contributed by atoms with Crippen LogP contribution in [0.3, 0.4) is 0 Å². The van der Waals surface area contributed by atoms with Crippen LogP contribution in [0.25, 0.3) is 0 Å². The first-order valence-corrected chi connectivity index (χ1v) is 5.15. The fourth-order valence-corrected chi connectivity index (χ4v) is 1.31. The topological polar surface area (TPSA) is 62.7 Å². The molecule has 0 fully saturated rings. The lowest BCUT2D eigenvalue weighted by Crippen LogP contribution is -2.43. The standard InChI is InChI=1S/C11H13N3O2/c15-10(9-5-2-1-3-6-9)13-14-11-12-7-4-8-16-11/h1-3,5-6H,4,7-8H2,(H,12,14)(H,13,15). The highest BCUT2D eigenvalue weighted by molar-refractivity contribution is 5.95. The number of carbonyl (C=O) groups excluding carboxylic acids is 1. The number of nitrogens with zero attached hydrogens (tertiary/aromatic N) is 1. The van der Waals surface area contributed by atoms with Crippen LogP contribution in [0.1, 0.15) is 16.8 Å². The monoisotopic (exact) mass is 219 g/mol. The summed E-state index contributed by atoms with van der Waals surface area (Å²) in [5.41, 5.74) is 5.76. The lowest BCUT2D eigenvalue weighted by atomic mass is 10.2. The second-order valence-electron chi connectivity index (χ2n) is 3.33. The van der Waals surface area contributed by atoms with E-state index in [-0.39, 0.29) is 5.91 Å². The molecule has 5 heteroatoms. The maximum atomic E-state index is 11.6. The summed E-state index contributed by atoms with van der Waals surface area (Å²) in [4.78, 5) is 15.7. The van der Waals surface area contributed by atoms with Gasteiger partial charge in [-0.25, -0.2) is 4.99 Å². The normalized spacial score (nSPS) is 14.6. The van der Waals surface area contributed by atoms with Crippen molar-refractivity contribution in [3.05, 3.63) is 35.9 Å². The number of amides is 1. The average Bonchev–Trinajstić information content (AvgIpc) is 2.38. The Kier molecular flexibility index (Phi) is 3.38. The lowest BCUT2D eigenvalue weighted by Gasteiger charge is -2.15. The van der Waals surface area contributed by atoms with Crippen LogP contribution in [0, 0.1) is 0 Å². The molecule has 1 amide bonds. The molecule has 0 saturated carbocycles. The van der Waals surface area contributed by atoms with Gasteiger partial charge in [-0.3, -0.25) is 15.6 Å². The predicted octanol–water partition coefficient (Wildman–Crippen LogP) is 0.697. The first kappa shape index (κ1) is 10.5. The zero-order valence-corrected chi connectivity index (χ0v) is 8.77. The molecule has 1 aliphatic rings. The zero-order valence-electron chi connectivity index (χ0n) is 8.77. The summed E-state index contributed by atoms with van der Waals surface area (Å²) in [6.07, 6.45) is 0.914. The van der Waals surface area contributed by atoms with E-state index in [0.29, 0.717) is 18.2 Å². The molecule has 5 nitrogen and oxygen atoms in total. The Morgan fingerprint density at radius 2 is 2.12 bits per heavy atom. The molecule has 0 spiro atoms. The van der Waals surface area contributed by atoms with Crippen molar-refractivity contribution < 1.29 is 9.53 Å². The van der Waals surface area contributed by atoms with Crippen molar-refractivity contribution in [3.8, 4) is 0 Å². The first-order chi connectivity index (χ1) is 7.86. The molecule has 0 atom stereocenters. The summed E-state index contributed by atoms with van der Waals surface area (Å²) < 4.78 is 5.19. The van der Waals surface area contributed by atoms with E-state index in [1.54, 1.807) is 12.1 Å². The van der Waals surface area contributed by atoms with Crippen molar-refractivity contribution in [2.45, 2.75) is 6.42 Å². The van der Waals surface area contributed by atoms with E-state index in [0.717, 1.165) is 13.0 Å². The van der Waals surface area contributed by atoms with Crippen LogP contribution in [0.4, 0.5) is 0 Å². The summed E-state index contributed by atoms with van der Waals surface area (Å²) >= 11 is 0. The quantitative estimate of drug-likeness (QED) is 0.683. The number of amidine groups is 1. The number of carbonyl (C=O) groups is 1. The molecule has 0 aliphatic carbocycles. The van der Waals surface area contributed by atoms with E-state index >= 15 is 0 Å². The number of hydrogen-bond donors (Lipinski definition) is 2. The third kappa shape index (κ3) is 2.73. The number of hydrogen-bond acceptors (Lipinski definition) is 4. The Morgan fingerprint density at radius 3 is 2.81 bits per heavy atom. The Bertz CT molecular complexity index is 389. The number of nitrogens with one attached hydrogen (secondary N) is 2. The van der Waals surface area contributed by atoms with E-state index in [2.05, 4.69) is 15.8 Å². The van der Waals surface area contributed by atoms with E-state index in [1.165, 1.54) is 0 Å². The summed E-state index contributed by atoms with van der Waals surface area (Å²) in [6.45, 7) is 1.36. The van der Waals surface area contributed by atoms with E-state index in [1.807, 2.05) is 18.2 Å². The molecule has 1 aliphatic heterocycles. The van der Waals surface area contributed by atoms with Gasteiger partial charge >= 0.3 is 6.02 Å². The van der Waals surface area contributed by atoms with Gasteiger partial charge in [0.2, 0.25) is 0 Å². The highest BCUT2D eigenvalue weighted by Gasteiger charge is 2.08. The fraction of sp³-hybridized carbons (Fsp3) is 0.273. The molecular formula is C11H13N3O2. The molecule has 84 valence electrons. The molecule has 2 N–H and O–H groups in total. The molecule has 1 heterocycles. The van der Waals surface area contributed by atoms with Crippen molar-refractivity contribution in [3.63, 3.8) is 0 Å². The Hall–Kier alpha value is -2.04. The summed E-state index contributed by atoms with van der Waals surface area (Å²) in [7, 11) is 0. The van der Waals surface area contributed by atoms with Crippen molar-refractivity contribution in [2.24, 2.45) is 4.99 Å². The van der Waals surface area contributed by atoms with Crippen molar-refractivity contribution in [1.82, 2.24) is 10.9 Å². The molecular weight excluding hydrogens is 206 g/mol. The maximum absolute atomic E-state index is 11.6. The summed E-state index contributed by atoms with van der Waals surface area (Å²) in [5.74, 6) is -0.211. The van der Waals surface area contributed by atoms with Crippen LogP contribution >= 0.6 is 0 Å². The highest BCUT2D eigenvalue weighted by Crippen LogP contribution is 1.97. The van der Waals surface area contributed by atoms with E-state index in [4.69, 9.17) is 4.74 Å². The van der Waals surface area contributed by atoms with E-state index < -0.39 is 0 Å². The second-order valence-corrected chi connectivity index (χ2v) is 3.33. The smallest absolute Gasteiger partial charge is 0.303 e. The largest absolute Gasteiger partial charge is 0.464 e. The SMILES string of the molecule is O=C(NNC1=NCCCO1)c1ccccc1. The van der Waals surface area contributed by atoms with Gasteiger partial charge in [0.15, 0.2) is 0 Å². The fourth-order valence-electron chi connectivity index (χ4n) is 1.31. The number of aliphatic imine (C=N–C) groups is 1. The Labute approximate surface area is 93.5 Å².